The zero-order chi connectivity index (χ0) is 13.7. The first-order chi connectivity index (χ1) is 9.20. The summed E-state index contributed by atoms with van der Waals surface area (Å²) in [7, 11) is 1.57. The van der Waals surface area contributed by atoms with Gasteiger partial charge in [0.15, 0.2) is 6.10 Å². The van der Waals surface area contributed by atoms with Gasteiger partial charge in [0.2, 0.25) is 5.91 Å². The zero-order valence-electron chi connectivity index (χ0n) is 11.0. The predicted molar refractivity (Wildman–Crippen MR) is 70.5 cm³/mol. The molecule has 1 heterocycles. The maximum absolute atomic E-state index is 12.2. The summed E-state index contributed by atoms with van der Waals surface area (Å²) in [5.41, 5.74) is 0.982. The van der Waals surface area contributed by atoms with Crippen molar-refractivity contribution in [3.8, 4) is 0 Å². The van der Waals surface area contributed by atoms with Gasteiger partial charge in [0.1, 0.15) is 0 Å². The molecule has 0 aromatic heterocycles. The smallest absolute Gasteiger partial charge is 0.250 e. The minimum Gasteiger partial charge on any atom is -0.365 e. The molecule has 5 heteroatoms. The molecule has 2 rings (SSSR count). The largest absolute Gasteiger partial charge is 0.365 e. The van der Waals surface area contributed by atoms with Crippen molar-refractivity contribution in [2.75, 3.05) is 26.7 Å². The van der Waals surface area contributed by atoms with Crippen LogP contribution in [0.25, 0.3) is 0 Å². The average Bonchev–Trinajstić information content (AvgIpc) is 2.47. The van der Waals surface area contributed by atoms with Crippen molar-refractivity contribution < 1.29 is 14.3 Å². The fourth-order valence-corrected chi connectivity index (χ4v) is 2.08. The molecule has 2 amide bonds. The highest BCUT2D eigenvalue weighted by Crippen LogP contribution is 2.09. The lowest BCUT2D eigenvalue weighted by Gasteiger charge is -2.32. The maximum Gasteiger partial charge on any atom is 0.250 e. The summed E-state index contributed by atoms with van der Waals surface area (Å²) in [6.45, 7) is 1.27. The molecule has 1 saturated heterocycles. The van der Waals surface area contributed by atoms with Crippen LogP contribution in [0.2, 0.25) is 0 Å². The number of hydrogen-bond donors (Lipinski definition) is 1. The summed E-state index contributed by atoms with van der Waals surface area (Å²) >= 11 is 0. The Bertz CT molecular complexity index is 447. The van der Waals surface area contributed by atoms with E-state index in [1.54, 1.807) is 11.9 Å². The minimum absolute atomic E-state index is 0.0309. The molecule has 1 aliphatic heterocycles. The first-order valence-electron chi connectivity index (χ1n) is 6.35. The third kappa shape index (κ3) is 3.54. The summed E-state index contributed by atoms with van der Waals surface area (Å²) < 4.78 is 5.36. The Morgan fingerprint density at radius 1 is 1.37 bits per heavy atom. The van der Waals surface area contributed by atoms with Crippen LogP contribution in [0.1, 0.15) is 5.56 Å². The quantitative estimate of drug-likeness (QED) is 0.846. The second-order valence-corrected chi connectivity index (χ2v) is 4.48. The van der Waals surface area contributed by atoms with E-state index in [0.717, 1.165) is 5.56 Å². The summed E-state index contributed by atoms with van der Waals surface area (Å²) in [4.78, 5) is 25.4. The van der Waals surface area contributed by atoms with Crippen LogP contribution < -0.4 is 5.32 Å². The molecule has 0 spiro atoms. The lowest BCUT2D eigenvalue weighted by Crippen LogP contribution is -2.51. The molecular weight excluding hydrogens is 244 g/mol. The number of likely N-dealkylation sites (N-methyl/N-ethyl adjacent to an activating group) is 1. The van der Waals surface area contributed by atoms with Crippen molar-refractivity contribution in [3.63, 3.8) is 0 Å². The van der Waals surface area contributed by atoms with Gasteiger partial charge in [-0.2, -0.15) is 0 Å². The molecule has 0 unspecified atom stereocenters. The normalized spacial score (nSPS) is 19.0. The van der Waals surface area contributed by atoms with Crippen LogP contribution in [-0.4, -0.2) is 49.6 Å². The first kappa shape index (κ1) is 13.5. The Morgan fingerprint density at radius 2 is 2.11 bits per heavy atom. The number of nitrogens with zero attached hydrogens (tertiary/aromatic N) is 1. The molecule has 0 saturated carbocycles. The van der Waals surface area contributed by atoms with Gasteiger partial charge in [0.25, 0.3) is 5.91 Å². The van der Waals surface area contributed by atoms with Crippen LogP contribution in [0.15, 0.2) is 30.3 Å². The monoisotopic (exact) mass is 262 g/mol. The van der Waals surface area contributed by atoms with Gasteiger partial charge in [0, 0.05) is 13.6 Å². The van der Waals surface area contributed by atoms with E-state index in [-0.39, 0.29) is 11.8 Å². The van der Waals surface area contributed by atoms with Gasteiger partial charge in [-0.25, -0.2) is 0 Å². The number of carbonyl (C=O) groups is 2. The third-order valence-electron chi connectivity index (χ3n) is 3.16. The fraction of sp³-hybridized carbons (Fsp3) is 0.429. The van der Waals surface area contributed by atoms with E-state index >= 15 is 0 Å². The summed E-state index contributed by atoms with van der Waals surface area (Å²) in [6.07, 6.45) is -0.195. The number of nitrogens with one attached hydrogen (secondary N) is 1. The minimum atomic E-state index is -0.557. The summed E-state index contributed by atoms with van der Waals surface area (Å²) in [5, 5.41) is 2.54. The molecule has 102 valence electrons. The molecule has 1 aromatic carbocycles. The van der Waals surface area contributed by atoms with Crippen molar-refractivity contribution in [2.45, 2.75) is 12.5 Å². The summed E-state index contributed by atoms with van der Waals surface area (Å²) in [6, 6.07) is 9.60. The second-order valence-electron chi connectivity index (χ2n) is 4.48. The molecule has 1 fully saturated rings. The van der Waals surface area contributed by atoms with E-state index in [0.29, 0.717) is 26.1 Å². The lowest BCUT2D eigenvalue weighted by atomic mass is 10.1. The van der Waals surface area contributed by atoms with Crippen molar-refractivity contribution in [1.29, 1.82) is 0 Å². The first-order valence-corrected chi connectivity index (χ1v) is 6.35. The molecule has 1 atom stereocenters. The molecule has 19 heavy (non-hydrogen) atoms. The van der Waals surface area contributed by atoms with E-state index in [2.05, 4.69) is 5.32 Å². The highest BCUT2D eigenvalue weighted by atomic mass is 16.5. The van der Waals surface area contributed by atoms with E-state index < -0.39 is 6.10 Å². The van der Waals surface area contributed by atoms with Crippen LogP contribution in [0, 0.1) is 0 Å². The van der Waals surface area contributed by atoms with E-state index in [1.165, 1.54) is 0 Å². The van der Waals surface area contributed by atoms with Gasteiger partial charge in [-0.3, -0.25) is 9.59 Å². The van der Waals surface area contributed by atoms with Gasteiger partial charge in [-0.05, 0) is 5.56 Å². The standard InChI is InChI=1S/C14H18N2O3/c1-15-14(18)12-10-16(7-8-19-12)13(17)9-11-5-3-2-4-6-11/h2-6,12H,7-10H2,1H3,(H,15,18)/t12-/m0/s1. The lowest BCUT2D eigenvalue weighted by molar-refractivity contribution is -0.146. The highest BCUT2D eigenvalue weighted by molar-refractivity contribution is 5.83. The third-order valence-corrected chi connectivity index (χ3v) is 3.16. The van der Waals surface area contributed by atoms with Crippen molar-refractivity contribution in [3.05, 3.63) is 35.9 Å². The number of hydrogen-bond acceptors (Lipinski definition) is 3. The van der Waals surface area contributed by atoms with Crippen LogP contribution in [-0.2, 0) is 20.7 Å². The number of amides is 2. The molecule has 1 aliphatic rings. The number of morpholine rings is 1. The van der Waals surface area contributed by atoms with E-state index in [9.17, 15) is 9.59 Å². The molecule has 5 nitrogen and oxygen atoms in total. The summed E-state index contributed by atoms with van der Waals surface area (Å²) in [5.74, 6) is -0.152. The maximum atomic E-state index is 12.2. The van der Waals surface area contributed by atoms with Crippen molar-refractivity contribution >= 4 is 11.8 Å². The Hall–Kier alpha value is -1.88. The Balaban J connectivity index is 1.94. The van der Waals surface area contributed by atoms with Gasteiger partial charge in [0.05, 0.1) is 19.6 Å². The second kappa shape index (κ2) is 6.33. The average molecular weight is 262 g/mol. The Labute approximate surface area is 112 Å². The molecule has 1 aromatic rings. The highest BCUT2D eigenvalue weighted by Gasteiger charge is 2.28. The van der Waals surface area contributed by atoms with Gasteiger partial charge >= 0.3 is 0 Å². The number of benzene rings is 1. The molecule has 0 bridgehead atoms. The van der Waals surface area contributed by atoms with E-state index in [1.807, 2.05) is 30.3 Å². The molecule has 0 aliphatic carbocycles. The Kier molecular flexibility index (Phi) is 4.52. The van der Waals surface area contributed by atoms with Crippen LogP contribution in [0.4, 0.5) is 0 Å². The van der Waals surface area contributed by atoms with Crippen LogP contribution >= 0.6 is 0 Å². The van der Waals surface area contributed by atoms with E-state index in [4.69, 9.17) is 4.74 Å². The molecule has 0 radical (unpaired) electrons. The molecular formula is C14H18N2O3. The Morgan fingerprint density at radius 3 is 2.79 bits per heavy atom. The van der Waals surface area contributed by atoms with Gasteiger partial charge < -0.3 is 15.0 Å². The van der Waals surface area contributed by atoms with Gasteiger partial charge in [-0.1, -0.05) is 30.3 Å². The van der Waals surface area contributed by atoms with Crippen LogP contribution in [0.5, 0.6) is 0 Å². The SMILES string of the molecule is CNC(=O)[C@@H]1CN(C(=O)Cc2ccccc2)CCO1. The number of rotatable bonds is 3. The topological polar surface area (TPSA) is 58.6 Å². The van der Waals surface area contributed by atoms with Crippen molar-refractivity contribution in [1.82, 2.24) is 10.2 Å². The van der Waals surface area contributed by atoms with Gasteiger partial charge in [-0.15, -0.1) is 0 Å². The van der Waals surface area contributed by atoms with Crippen LogP contribution in [0.3, 0.4) is 0 Å². The predicted octanol–water partition coefficient (Wildman–Crippen LogP) is 0.203. The van der Waals surface area contributed by atoms with Crippen molar-refractivity contribution in [2.24, 2.45) is 0 Å². The molecule has 1 N–H and O–H groups in total. The zero-order valence-corrected chi connectivity index (χ0v) is 11.0. The number of ether oxygens (including phenoxy) is 1. The fourth-order valence-electron chi connectivity index (χ4n) is 2.08. The number of carbonyl (C=O) groups excluding carboxylic acids is 2.